The third kappa shape index (κ3) is 2.24. The van der Waals surface area contributed by atoms with E-state index in [2.05, 4.69) is 22.0 Å². The van der Waals surface area contributed by atoms with E-state index in [4.69, 9.17) is 4.74 Å². The van der Waals surface area contributed by atoms with Crippen LogP contribution in [0.3, 0.4) is 0 Å². The first-order valence-electron chi connectivity index (χ1n) is 7.16. The third-order valence-corrected chi connectivity index (χ3v) is 6.36. The van der Waals surface area contributed by atoms with Crippen LogP contribution in [0.5, 0.6) is 5.75 Å². The molecule has 0 amide bonds. The first kappa shape index (κ1) is 13.2. The summed E-state index contributed by atoms with van der Waals surface area (Å²) in [6, 6.07) is 8.15. The lowest BCUT2D eigenvalue weighted by atomic mass is 9.82. The van der Waals surface area contributed by atoms with E-state index in [-0.39, 0.29) is 0 Å². The molecule has 0 bridgehead atoms. The Morgan fingerprint density at radius 2 is 2.14 bits per heavy atom. The number of benzene rings is 1. The topological polar surface area (TPSA) is 42.4 Å². The maximum atomic E-state index is 11.3. The molecule has 2 fully saturated rings. The maximum Gasteiger partial charge on any atom is 0.121 e. The molecule has 2 saturated heterocycles. The largest absolute Gasteiger partial charge is 0.497 e. The number of hydrogen-bond acceptors (Lipinski definition) is 4. The summed E-state index contributed by atoms with van der Waals surface area (Å²) >= 11 is 0. The minimum absolute atomic E-state index is 0.372. The van der Waals surface area contributed by atoms with Crippen LogP contribution in [0.1, 0.15) is 5.56 Å². The third-order valence-electron chi connectivity index (χ3n) is 4.49. The molecular formula is C16H18N2O2S. The Morgan fingerprint density at radius 3 is 2.86 bits per heavy atom. The second-order valence-electron chi connectivity index (χ2n) is 6.23. The number of pyridine rings is 1. The summed E-state index contributed by atoms with van der Waals surface area (Å²) < 4.78 is 16.5. The van der Waals surface area contributed by atoms with Crippen molar-refractivity contribution in [2.75, 3.05) is 31.7 Å². The van der Waals surface area contributed by atoms with Gasteiger partial charge in [-0.3, -0.25) is 14.1 Å². The summed E-state index contributed by atoms with van der Waals surface area (Å²) in [6.07, 6.45) is 1.87. The van der Waals surface area contributed by atoms with E-state index in [1.54, 1.807) is 7.11 Å². The highest BCUT2D eigenvalue weighted by atomic mass is 32.2. The Morgan fingerprint density at radius 1 is 1.33 bits per heavy atom. The average molecular weight is 302 g/mol. The Kier molecular flexibility index (Phi) is 3.01. The molecule has 0 aliphatic carbocycles. The van der Waals surface area contributed by atoms with Crippen molar-refractivity contribution in [3.63, 3.8) is 0 Å². The lowest BCUT2D eigenvalue weighted by Crippen LogP contribution is -2.66. The fourth-order valence-electron chi connectivity index (χ4n) is 3.53. The molecule has 4 nitrogen and oxygen atoms in total. The van der Waals surface area contributed by atoms with Crippen LogP contribution in [-0.2, 0) is 17.3 Å². The lowest BCUT2D eigenvalue weighted by Gasteiger charge is -2.55. The molecule has 2 aliphatic rings. The van der Waals surface area contributed by atoms with Crippen molar-refractivity contribution < 1.29 is 8.95 Å². The number of nitrogens with zero attached hydrogens (tertiary/aromatic N) is 2. The molecule has 0 unspecified atom stereocenters. The summed E-state index contributed by atoms with van der Waals surface area (Å²) in [4.78, 5) is 6.87. The smallest absolute Gasteiger partial charge is 0.121 e. The zero-order valence-electron chi connectivity index (χ0n) is 12.0. The van der Waals surface area contributed by atoms with Crippen molar-refractivity contribution in [2.24, 2.45) is 5.41 Å². The van der Waals surface area contributed by atoms with Crippen LogP contribution >= 0.6 is 0 Å². The molecule has 110 valence electrons. The molecule has 0 saturated carbocycles. The van der Waals surface area contributed by atoms with Gasteiger partial charge >= 0.3 is 0 Å². The fourth-order valence-corrected chi connectivity index (χ4v) is 5.18. The van der Waals surface area contributed by atoms with Crippen molar-refractivity contribution in [1.29, 1.82) is 0 Å². The van der Waals surface area contributed by atoms with Gasteiger partial charge in [0.25, 0.3) is 0 Å². The highest BCUT2D eigenvalue weighted by molar-refractivity contribution is 7.86. The van der Waals surface area contributed by atoms with Crippen LogP contribution in [0, 0.1) is 5.41 Å². The molecule has 5 heteroatoms. The monoisotopic (exact) mass is 302 g/mol. The highest BCUT2D eigenvalue weighted by Crippen LogP contribution is 2.40. The summed E-state index contributed by atoms with van der Waals surface area (Å²) in [5.41, 5.74) is 2.65. The minimum atomic E-state index is -0.548. The first-order chi connectivity index (χ1) is 10.2. The summed E-state index contributed by atoms with van der Waals surface area (Å²) in [5, 5.41) is 1.19. The van der Waals surface area contributed by atoms with E-state index in [9.17, 15) is 4.21 Å². The van der Waals surface area contributed by atoms with Crippen molar-refractivity contribution in [1.82, 2.24) is 9.88 Å². The van der Waals surface area contributed by atoms with Gasteiger partial charge in [-0.15, -0.1) is 0 Å². The predicted molar refractivity (Wildman–Crippen MR) is 83.9 cm³/mol. The number of methoxy groups -OCH3 is 1. The molecule has 4 rings (SSSR count). The van der Waals surface area contributed by atoms with Gasteiger partial charge < -0.3 is 4.74 Å². The minimum Gasteiger partial charge on any atom is -0.497 e. The Hall–Kier alpha value is -1.46. The molecule has 2 aliphatic heterocycles. The van der Waals surface area contributed by atoms with E-state index in [1.807, 2.05) is 18.3 Å². The van der Waals surface area contributed by atoms with E-state index in [0.29, 0.717) is 5.41 Å². The second kappa shape index (κ2) is 4.78. The van der Waals surface area contributed by atoms with Gasteiger partial charge in [0.05, 0.1) is 12.6 Å². The number of fused-ring (bicyclic) bond motifs is 1. The Balaban J connectivity index is 1.53. The number of likely N-dealkylation sites (tertiary alicyclic amines) is 1. The van der Waals surface area contributed by atoms with Gasteiger partial charge in [0.2, 0.25) is 0 Å². The molecule has 2 aromatic rings. The van der Waals surface area contributed by atoms with Crippen LogP contribution in [0.25, 0.3) is 10.9 Å². The van der Waals surface area contributed by atoms with Gasteiger partial charge in [0.15, 0.2) is 0 Å². The zero-order chi connectivity index (χ0) is 14.4. The van der Waals surface area contributed by atoms with Gasteiger partial charge in [0.1, 0.15) is 5.75 Å². The number of rotatable bonds is 3. The van der Waals surface area contributed by atoms with E-state index in [1.165, 1.54) is 10.9 Å². The molecule has 0 N–H and O–H groups in total. The molecule has 0 radical (unpaired) electrons. The first-order valence-corrected chi connectivity index (χ1v) is 8.65. The van der Waals surface area contributed by atoms with Crippen molar-refractivity contribution in [2.45, 2.75) is 6.54 Å². The van der Waals surface area contributed by atoms with Gasteiger partial charge in [-0.25, -0.2) is 0 Å². The Labute approximate surface area is 126 Å². The molecule has 21 heavy (non-hydrogen) atoms. The number of hydrogen-bond donors (Lipinski definition) is 0. The van der Waals surface area contributed by atoms with E-state index in [0.717, 1.165) is 42.4 Å². The van der Waals surface area contributed by atoms with Crippen molar-refractivity contribution >= 4 is 21.7 Å². The SMILES string of the molecule is COc1ccc2c(CN3CC4(C3)CS(=O)C4)ccnc2c1. The fraction of sp³-hybridized carbons (Fsp3) is 0.438. The molecule has 1 aromatic carbocycles. The Bertz CT molecular complexity index is 715. The normalized spacial score (nSPS) is 21.2. The van der Waals surface area contributed by atoms with Gasteiger partial charge in [-0.1, -0.05) is 0 Å². The van der Waals surface area contributed by atoms with E-state index < -0.39 is 10.8 Å². The van der Waals surface area contributed by atoms with Crippen LogP contribution < -0.4 is 4.74 Å². The zero-order valence-corrected chi connectivity index (χ0v) is 12.9. The van der Waals surface area contributed by atoms with Crippen LogP contribution in [0.4, 0.5) is 0 Å². The second-order valence-corrected chi connectivity index (χ2v) is 7.68. The van der Waals surface area contributed by atoms with Gasteiger partial charge in [-0.2, -0.15) is 0 Å². The highest BCUT2D eigenvalue weighted by Gasteiger charge is 2.51. The average Bonchev–Trinajstić information content (AvgIpc) is 2.43. The predicted octanol–water partition coefficient (Wildman–Crippen LogP) is 1.81. The lowest BCUT2D eigenvalue weighted by molar-refractivity contribution is 0.0209. The molecule has 0 atom stereocenters. The molecule has 3 heterocycles. The molecular weight excluding hydrogens is 284 g/mol. The summed E-state index contributed by atoms with van der Waals surface area (Å²) in [5.74, 6) is 2.64. The standard InChI is InChI=1S/C16H18N2O2S/c1-20-13-2-3-14-12(4-5-17-15(14)6-13)7-18-8-16(9-18)10-21(19)11-16/h2-6H,7-11H2,1H3. The number of aromatic nitrogens is 1. The molecule has 1 spiro atoms. The maximum absolute atomic E-state index is 11.3. The van der Waals surface area contributed by atoms with E-state index >= 15 is 0 Å². The number of ether oxygens (including phenoxy) is 1. The van der Waals surface area contributed by atoms with Gasteiger partial charge in [-0.05, 0) is 23.8 Å². The van der Waals surface area contributed by atoms with Crippen molar-refractivity contribution in [3.8, 4) is 5.75 Å². The summed E-state index contributed by atoms with van der Waals surface area (Å²) in [6.45, 7) is 3.11. The quantitative estimate of drug-likeness (QED) is 0.867. The molecule has 1 aromatic heterocycles. The van der Waals surface area contributed by atoms with Crippen LogP contribution in [0.2, 0.25) is 0 Å². The van der Waals surface area contributed by atoms with Gasteiger partial charge in [0, 0.05) is 65.0 Å². The van der Waals surface area contributed by atoms with Crippen molar-refractivity contribution in [3.05, 3.63) is 36.0 Å². The summed E-state index contributed by atoms with van der Waals surface area (Å²) in [7, 11) is 1.13. The van der Waals surface area contributed by atoms with Crippen LogP contribution in [0.15, 0.2) is 30.5 Å². The van der Waals surface area contributed by atoms with Crippen LogP contribution in [-0.4, -0.2) is 45.8 Å².